The summed E-state index contributed by atoms with van der Waals surface area (Å²) in [6.07, 6.45) is 2.07. The van der Waals surface area contributed by atoms with Gasteiger partial charge in [-0.2, -0.15) is 0 Å². The van der Waals surface area contributed by atoms with E-state index < -0.39 is 5.97 Å². The second kappa shape index (κ2) is 6.13. The second-order valence-electron chi connectivity index (χ2n) is 4.88. The summed E-state index contributed by atoms with van der Waals surface area (Å²) >= 11 is 5.93. The van der Waals surface area contributed by atoms with E-state index in [4.69, 9.17) is 11.6 Å². The summed E-state index contributed by atoms with van der Waals surface area (Å²) in [4.78, 5) is 26.8. The molecular weight excluding hydrogens is 280 g/mol. The van der Waals surface area contributed by atoms with Crippen molar-refractivity contribution < 1.29 is 14.7 Å². The highest BCUT2D eigenvalue weighted by atomic mass is 35.5. The summed E-state index contributed by atoms with van der Waals surface area (Å²) < 4.78 is 0. The van der Waals surface area contributed by atoms with Gasteiger partial charge in [0.25, 0.3) is 0 Å². The van der Waals surface area contributed by atoms with Crippen molar-refractivity contribution in [2.75, 3.05) is 31.6 Å². The Bertz CT molecular complexity index is 527. The van der Waals surface area contributed by atoms with E-state index in [9.17, 15) is 14.7 Å². The molecule has 0 saturated carbocycles. The molecule has 1 N–H and O–H groups in total. The number of amides is 1. The molecule has 1 aliphatic rings. The van der Waals surface area contributed by atoms with Gasteiger partial charge in [0.15, 0.2) is 0 Å². The van der Waals surface area contributed by atoms with E-state index in [0.29, 0.717) is 5.69 Å². The maximum Gasteiger partial charge on any atom is 0.339 e. The molecule has 5 nitrogen and oxygen atoms in total. The number of halogens is 1. The summed E-state index contributed by atoms with van der Waals surface area (Å²) in [5.41, 5.74) is 0.489. The SMILES string of the molecule is CN(CC(=O)N1CCCC1)c1cccc(Cl)c1C(=O)O. The molecule has 0 atom stereocenters. The van der Waals surface area contributed by atoms with E-state index in [1.807, 2.05) is 4.90 Å². The van der Waals surface area contributed by atoms with Gasteiger partial charge in [-0.3, -0.25) is 4.79 Å². The van der Waals surface area contributed by atoms with Crippen molar-refractivity contribution in [3.8, 4) is 0 Å². The van der Waals surface area contributed by atoms with Crippen molar-refractivity contribution in [1.82, 2.24) is 4.90 Å². The molecule has 2 rings (SSSR count). The number of aromatic carboxylic acids is 1. The molecular formula is C14H17ClN2O3. The maximum absolute atomic E-state index is 12.1. The molecule has 1 aromatic rings. The molecule has 0 aromatic heterocycles. The van der Waals surface area contributed by atoms with E-state index in [-0.39, 0.29) is 23.0 Å². The van der Waals surface area contributed by atoms with Gasteiger partial charge in [0.05, 0.1) is 17.3 Å². The minimum Gasteiger partial charge on any atom is -0.478 e. The van der Waals surface area contributed by atoms with Crippen LogP contribution in [-0.2, 0) is 4.79 Å². The Labute approximate surface area is 122 Å². The number of likely N-dealkylation sites (N-methyl/N-ethyl adjacent to an activating group) is 1. The Morgan fingerprint density at radius 1 is 1.35 bits per heavy atom. The number of benzene rings is 1. The van der Waals surface area contributed by atoms with Gasteiger partial charge in [-0.15, -0.1) is 0 Å². The third kappa shape index (κ3) is 3.04. The molecule has 0 spiro atoms. The van der Waals surface area contributed by atoms with Crippen LogP contribution in [-0.4, -0.2) is 48.6 Å². The number of carbonyl (C=O) groups excluding carboxylic acids is 1. The van der Waals surface area contributed by atoms with Crippen LogP contribution in [0, 0.1) is 0 Å². The van der Waals surface area contributed by atoms with Crippen LogP contribution in [0.25, 0.3) is 0 Å². The molecule has 20 heavy (non-hydrogen) atoms. The van der Waals surface area contributed by atoms with Crippen molar-refractivity contribution in [3.05, 3.63) is 28.8 Å². The highest BCUT2D eigenvalue weighted by molar-refractivity contribution is 6.34. The standard InChI is InChI=1S/C14H17ClN2O3/c1-16(9-12(18)17-7-2-3-8-17)11-6-4-5-10(15)13(11)14(19)20/h4-6H,2-3,7-9H2,1H3,(H,19,20). The average Bonchev–Trinajstić information content (AvgIpc) is 2.91. The van der Waals surface area contributed by atoms with Crippen LogP contribution in [0.1, 0.15) is 23.2 Å². The third-order valence-electron chi connectivity index (χ3n) is 3.45. The summed E-state index contributed by atoms with van der Waals surface area (Å²) in [6.45, 7) is 1.72. The Morgan fingerprint density at radius 2 is 2.00 bits per heavy atom. The topological polar surface area (TPSA) is 60.9 Å². The van der Waals surface area contributed by atoms with Gasteiger partial charge in [0.2, 0.25) is 5.91 Å². The monoisotopic (exact) mass is 296 g/mol. The smallest absolute Gasteiger partial charge is 0.339 e. The molecule has 0 aliphatic carbocycles. The number of carboxylic acids is 1. The zero-order valence-corrected chi connectivity index (χ0v) is 12.1. The molecule has 1 amide bonds. The van der Waals surface area contributed by atoms with Crippen LogP contribution in [0.4, 0.5) is 5.69 Å². The number of hydrogen-bond donors (Lipinski definition) is 1. The van der Waals surface area contributed by atoms with E-state index >= 15 is 0 Å². The first-order valence-electron chi connectivity index (χ1n) is 6.51. The average molecular weight is 297 g/mol. The van der Waals surface area contributed by atoms with E-state index in [1.165, 1.54) is 6.07 Å². The van der Waals surface area contributed by atoms with Gasteiger partial charge < -0.3 is 14.9 Å². The van der Waals surface area contributed by atoms with Gasteiger partial charge in [-0.05, 0) is 25.0 Å². The van der Waals surface area contributed by atoms with E-state index in [0.717, 1.165) is 25.9 Å². The molecule has 0 radical (unpaired) electrons. The summed E-state index contributed by atoms with van der Waals surface area (Å²) in [7, 11) is 1.70. The molecule has 6 heteroatoms. The minimum atomic E-state index is -1.09. The van der Waals surface area contributed by atoms with Crippen LogP contribution in [0.3, 0.4) is 0 Å². The fraction of sp³-hybridized carbons (Fsp3) is 0.429. The summed E-state index contributed by atoms with van der Waals surface area (Å²) in [5, 5.41) is 9.41. The Morgan fingerprint density at radius 3 is 2.60 bits per heavy atom. The third-order valence-corrected chi connectivity index (χ3v) is 3.76. The van der Waals surface area contributed by atoms with E-state index in [1.54, 1.807) is 24.1 Å². The fourth-order valence-corrected chi connectivity index (χ4v) is 2.65. The van der Waals surface area contributed by atoms with Crippen LogP contribution in [0.2, 0.25) is 5.02 Å². The predicted molar refractivity (Wildman–Crippen MR) is 77.5 cm³/mol. The first-order valence-corrected chi connectivity index (χ1v) is 6.89. The van der Waals surface area contributed by atoms with Crippen LogP contribution in [0.15, 0.2) is 18.2 Å². The summed E-state index contributed by atoms with van der Waals surface area (Å²) in [5.74, 6) is -1.08. The van der Waals surface area contributed by atoms with Crippen LogP contribution < -0.4 is 4.90 Å². The van der Waals surface area contributed by atoms with Crippen molar-refractivity contribution >= 4 is 29.2 Å². The lowest BCUT2D eigenvalue weighted by atomic mass is 10.1. The largest absolute Gasteiger partial charge is 0.478 e. The number of carbonyl (C=O) groups is 2. The van der Waals surface area contributed by atoms with Crippen molar-refractivity contribution in [2.45, 2.75) is 12.8 Å². The minimum absolute atomic E-state index is 0.0151. The zero-order valence-electron chi connectivity index (χ0n) is 11.3. The van der Waals surface area contributed by atoms with Gasteiger partial charge in [-0.1, -0.05) is 17.7 Å². The molecule has 1 saturated heterocycles. The van der Waals surface area contributed by atoms with Crippen molar-refractivity contribution in [2.24, 2.45) is 0 Å². The number of carboxylic acid groups (broad SMARTS) is 1. The number of hydrogen-bond acceptors (Lipinski definition) is 3. The number of likely N-dealkylation sites (tertiary alicyclic amines) is 1. The quantitative estimate of drug-likeness (QED) is 0.924. The molecule has 1 aromatic carbocycles. The number of rotatable bonds is 4. The fourth-order valence-electron chi connectivity index (χ4n) is 2.40. The Balaban J connectivity index is 2.16. The van der Waals surface area contributed by atoms with Crippen LogP contribution in [0.5, 0.6) is 0 Å². The number of anilines is 1. The van der Waals surface area contributed by atoms with E-state index in [2.05, 4.69) is 0 Å². The highest BCUT2D eigenvalue weighted by Crippen LogP contribution is 2.27. The Hall–Kier alpha value is -1.75. The highest BCUT2D eigenvalue weighted by Gasteiger charge is 2.22. The molecule has 1 aliphatic heterocycles. The second-order valence-corrected chi connectivity index (χ2v) is 5.29. The Kier molecular flexibility index (Phi) is 4.49. The van der Waals surface area contributed by atoms with Gasteiger partial charge >= 0.3 is 5.97 Å². The first-order chi connectivity index (χ1) is 9.50. The van der Waals surface area contributed by atoms with Gasteiger partial charge in [-0.25, -0.2) is 4.79 Å². The molecule has 108 valence electrons. The normalized spacial score (nSPS) is 14.4. The van der Waals surface area contributed by atoms with Gasteiger partial charge in [0, 0.05) is 20.1 Å². The maximum atomic E-state index is 12.1. The van der Waals surface area contributed by atoms with Gasteiger partial charge in [0.1, 0.15) is 5.56 Å². The molecule has 1 fully saturated rings. The first kappa shape index (κ1) is 14.7. The lowest BCUT2D eigenvalue weighted by molar-refractivity contribution is -0.128. The lowest BCUT2D eigenvalue weighted by Gasteiger charge is -2.24. The van der Waals surface area contributed by atoms with Crippen LogP contribution >= 0.6 is 11.6 Å². The number of nitrogens with zero attached hydrogens (tertiary/aromatic N) is 2. The molecule has 0 unspecified atom stereocenters. The zero-order chi connectivity index (χ0) is 14.7. The van der Waals surface area contributed by atoms with Crippen molar-refractivity contribution in [3.63, 3.8) is 0 Å². The molecule has 1 heterocycles. The predicted octanol–water partition coefficient (Wildman–Crippen LogP) is 2.10. The van der Waals surface area contributed by atoms with Crippen molar-refractivity contribution in [1.29, 1.82) is 0 Å². The lowest BCUT2D eigenvalue weighted by Crippen LogP contribution is -2.37. The summed E-state index contributed by atoms with van der Waals surface area (Å²) in [6, 6.07) is 4.87. The molecule has 0 bridgehead atoms.